The monoisotopic (exact) mass is 426 g/mol. The number of likely N-dealkylation sites (tertiary alicyclic amines) is 2. The number of ether oxygens (including phenoxy) is 1. The zero-order valence-electron chi connectivity index (χ0n) is 16.0. The number of amides is 2. The van der Waals surface area contributed by atoms with E-state index in [1.165, 1.54) is 11.8 Å². The van der Waals surface area contributed by atoms with Crippen molar-refractivity contribution in [2.45, 2.75) is 18.4 Å². The standard InChI is InChI=1S/C19H19ClN8O2/c20-18-17(5-7-21-23-18)30-16-3-1-13(2-4-16)14-9-27(10-14)19(29)26-8-6-15(11-26)28-12-22-24-25-28/h1-5,7,12,14-15H,6,8-11H2/t15-/m1/s1. The van der Waals surface area contributed by atoms with E-state index >= 15 is 0 Å². The smallest absolute Gasteiger partial charge is 0.320 e. The Bertz CT molecular complexity index is 1020. The van der Waals surface area contributed by atoms with E-state index < -0.39 is 0 Å². The molecule has 2 amide bonds. The summed E-state index contributed by atoms with van der Waals surface area (Å²) < 4.78 is 7.47. The summed E-state index contributed by atoms with van der Waals surface area (Å²) in [5.41, 5.74) is 1.18. The van der Waals surface area contributed by atoms with Gasteiger partial charge in [0.1, 0.15) is 12.1 Å². The third kappa shape index (κ3) is 3.65. The van der Waals surface area contributed by atoms with Gasteiger partial charge in [-0.05, 0) is 34.5 Å². The minimum atomic E-state index is 0.0848. The molecule has 3 aromatic rings. The summed E-state index contributed by atoms with van der Waals surface area (Å²) in [5.74, 6) is 1.46. The molecule has 0 N–H and O–H groups in total. The Kier molecular flexibility index (Phi) is 4.91. The van der Waals surface area contributed by atoms with Crippen LogP contribution in [-0.2, 0) is 0 Å². The lowest BCUT2D eigenvalue weighted by Gasteiger charge is -2.41. The second-order valence-electron chi connectivity index (χ2n) is 7.42. The molecule has 154 valence electrons. The summed E-state index contributed by atoms with van der Waals surface area (Å²) >= 11 is 5.97. The van der Waals surface area contributed by atoms with Crippen LogP contribution >= 0.6 is 11.6 Å². The SMILES string of the molecule is O=C(N1CC(c2ccc(Oc3ccnnc3Cl)cc2)C1)N1CC[C@@H](n2cnnn2)C1. The van der Waals surface area contributed by atoms with Gasteiger partial charge < -0.3 is 14.5 Å². The van der Waals surface area contributed by atoms with Crippen molar-refractivity contribution in [3.05, 3.63) is 53.6 Å². The van der Waals surface area contributed by atoms with Crippen molar-refractivity contribution in [3.63, 3.8) is 0 Å². The summed E-state index contributed by atoms with van der Waals surface area (Å²) in [5, 5.41) is 19.0. The fourth-order valence-electron chi connectivity index (χ4n) is 3.83. The molecule has 2 fully saturated rings. The number of rotatable bonds is 4. The number of halogens is 1. The molecule has 1 aromatic carbocycles. The van der Waals surface area contributed by atoms with Crippen LogP contribution in [0.5, 0.6) is 11.5 Å². The van der Waals surface area contributed by atoms with Crippen LogP contribution in [0, 0.1) is 0 Å². The lowest BCUT2D eigenvalue weighted by Crippen LogP contribution is -2.53. The van der Waals surface area contributed by atoms with Crippen LogP contribution in [0.1, 0.15) is 23.9 Å². The number of benzene rings is 1. The molecular weight excluding hydrogens is 408 g/mol. The first-order chi connectivity index (χ1) is 14.7. The number of tetrazole rings is 1. The Hall–Kier alpha value is -3.27. The molecule has 5 rings (SSSR count). The van der Waals surface area contributed by atoms with E-state index in [1.54, 1.807) is 17.1 Å². The number of carbonyl (C=O) groups excluding carboxylic acids is 1. The van der Waals surface area contributed by atoms with Gasteiger partial charge in [0.2, 0.25) is 0 Å². The van der Waals surface area contributed by atoms with Gasteiger partial charge in [0, 0.05) is 38.2 Å². The molecule has 2 aliphatic rings. The van der Waals surface area contributed by atoms with E-state index in [4.69, 9.17) is 16.3 Å². The summed E-state index contributed by atoms with van der Waals surface area (Å²) in [6, 6.07) is 9.74. The largest absolute Gasteiger partial charge is 0.454 e. The third-order valence-corrected chi connectivity index (χ3v) is 5.81. The maximum absolute atomic E-state index is 12.8. The first kappa shape index (κ1) is 18.7. The van der Waals surface area contributed by atoms with Gasteiger partial charge in [0.25, 0.3) is 0 Å². The zero-order chi connectivity index (χ0) is 20.5. The molecule has 0 aliphatic carbocycles. The summed E-state index contributed by atoms with van der Waals surface area (Å²) in [6.07, 6.45) is 4.00. The van der Waals surface area contributed by atoms with E-state index in [2.05, 4.69) is 25.7 Å². The highest BCUT2D eigenvalue weighted by molar-refractivity contribution is 6.30. The molecule has 0 saturated carbocycles. The number of nitrogens with zero attached hydrogens (tertiary/aromatic N) is 8. The predicted octanol–water partition coefficient (Wildman–Crippen LogP) is 2.38. The minimum absolute atomic E-state index is 0.0848. The maximum Gasteiger partial charge on any atom is 0.320 e. The number of urea groups is 1. The Morgan fingerprint density at radius 3 is 2.63 bits per heavy atom. The zero-order valence-corrected chi connectivity index (χ0v) is 16.8. The average Bonchev–Trinajstić information content (AvgIpc) is 3.41. The molecule has 30 heavy (non-hydrogen) atoms. The second kappa shape index (κ2) is 7.86. The summed E-state index contributed by atoms with van der Waals surface area (Å²) in [7, 11) is 0. The van der Waals surface area contributed by atoms with Crippen molar-refractivity contribution in [2.24, 2.45) is 0 Å². The topological polar surface area (TPSA) is 102 Å². The van der Waals surface area contributed by atoms with Crippen LogP contribution in [0.15, 0.2) is 42.9 Å². The molecule has 0 spiro atoms. The van der Waals surface area contributed by atoms with Gasteiger partial charge in [-0.1, -0.05) is 23.7 Å². The van der Waals surface area contributed by atoms with E-state index in [0.717, 1.165) is 13.0 Å². The van der Waals surface area contributed by atoms with Crippen molar-refractivity contribution < 1.29 is 9.53 Å². The predicted molar refractivity (Wildman–Crippen MR) is 106 cm³/mol. The molecule has 0 bridgehead atoms. The highest BCUT2D eigenvalue weighted by Gasteiger charge is 2.37. The third-order valence-electron chi connectivity index (χ3n) is 5.55. The van der Waals surface area contributed by atoms with Crippen molar-refractivity contribution in [1.82, 2.24) is 40.2 Å². The van der Waals surface area contributed by atoms with Crippen LogP contribution < -0.4 is 4.74 Å². The van der Waals surface area contributed by atoms with Gasteiger partial charge >= 0.3 is 6.03 Å². The lowest BCUT2D eigenvalue weighted by molar-refractivity contribution is 0.120. The number of aromatic nitrogens is 6. The normalized spacial score (nSPS) is 19.0. The molecule has 0 unspecified atom stereocenters. The molecule has 10 nitrogen and oxygen atoms in total. The molecule has 11 heteroatoms. The summed E-state index contributed by atoms with van der Waals surface area (Å²) in [4.78, 5) is 16.5. The second-order valence-corrected chi connectivity index (χ2v) is 7.78. The fraction of sp³-hybridized carbons (Fsp3) is 0.368. The van der Waals surface area contributed by atoms with Gasteiger partial charge in [-0.25, -0.2) is 9.48 Å². The number of hydrogen-bond donors (Lipinski definition) is 0. The van der Waals surface area contributed by atoms with Crippen LogP contribution in [0.4, 0.5) is 4.79 Å². The van der Waals surface area contributed by atoms with Crippen LogP contribution in [-0.4, -0.2) is 72.4 Å². The molecule has 0 radical (unpaired) electrons. The van der Waals surface area contributed by atoms with Gasteiger partial charge in [-0.3, -0.25) is 0 Å². The Morgan fingerprint density at radius 2 is 1.90 bits per heavy atom. The van der Waals surface area contributed by atoms with Crippen molar-refractivity contribution in [1.29, 1.82) is 0 Å². The van der Waals surface area contributed by atoms with E-state index in [0.29, 0.717) is 37.1 Å². The molecule has 2 saturated heterocycles. The highest BCUT2D eigenvalue weighted by atomic mass is 35.5. The van der Waals surface area contributed by atoms with E-state index in [9.17, 15) is 4.79 Å². The van der Waals surface area contributed by atoms with Crippen LogP contribution in [0.2, 0.25) is 5.15 Å². The van der Waals surface area contributed by atoms with Gasteiger partial charge in [-0.2, -0.15) is 5.10 Å². The van der Waals surface area contributed by atoms with E-state index in [-0.39, 0.29) is 17.2 Å². The highest BCUT2D eigenvalue weighted by Crippen LogP contribution is 2.32. The molecule has 4 heterocycles. The number of hydrogen-bond acceptors (Lipinski definition) is 7. The fourth-order valence-corrected chi connectivity index (χ4v) is 3.97. The van der Waals surface area contributed by atoms with Crippen molar-refractivity contribution in [3.8, 4) is 11.5 Å². The first-order valence-corrected chi connectivity index (χ1v) is 10.1. The summed E-state index contributed by atoms with van der Waals surface area (Å²) in [6.45, 7) is 2.79. The Morgan fingerprint density at radius 1 is 1.07 bits per heavy atom. The van der Waals surface area contributed by atoms with Gasteiger partial charge in [0.15, 0.2) is 10.9 Å². The first-order valence-electron chi connectivity index (χ1n) is 9.68. The van der Waals surface area contributed by atoms with Crippen molar-refractivity contribution in [2.75, 3.05) is 26.2 Å². The average molecular weight is 427 g/mol. The number of carbonyl (C=O) groups is 1. The van der Waals surface area contributed by atoms with Gasteiger partial charge in [0.05, 0.1) is 12.2 Å². The molecule has 2 aromatic heterocycles. The van der Waals surface area contributed by atoms with Crippen LogP contribution in [0.3, 0.4) is 0 Å². The maximum atomic E-state index is 12.8. The molecule has 2 aliphatic heterocycles. The van der Waals surface area contributed by atoms with Gasteiger partial charge in [-0.15, -0.1) is 10.2 Å². The Balaban J connectivity index is 1.14. The Labute approximate surface area is 177 Å². The molecule has 1 atom stereocenters. The quantitative estimate of drug-likeness (QED) is 0.631. The van der Waals surface area contributed by atoms with E-state index in [1.807, 2.05) is 34.1 Å². The molecular formula is C19H19ClN8O2. The minimum Gasteiger partial charge on any atom is -0.454 e. The van der Waals surface area contributed by atoms with Crippen molar-refractivity contribution >= 4 is 17.6 Å². The van der Waals surface area contributed by atoms with Crippen LogP contribution in [0.25, 0.3) is 0 Å². The lowest BCUT2D eigenvalue weighted by atomic mass is 9.92.